The fourth-order valence-corrected chi connectivity index (χ4v) is 1.25. The first-order valence-corrected chi connectivity index (χ1v) is 3.77. The average Bonchev–Trinajstić information content (AvgIpc) is 2.52. The normalized spacial score (nSPS) is 9.08. The first-order chi connectivity index (χ1) is 5.77. The fourth-order valence-electron chi connectivity index (χ4n) is 0.571. The Labute approximate surface area is 72.4 Å². The molecule has 1 N–H and O–H groups in total. The first kappa shape index (κ1) is 8.66. The van der Waals surface area contributed by atoms with Gasteiger partial charge < -0.3 is 4.74 Å². The molecular formula is C6H5N2O3S. The minimum atomic E-state index is -0.466. The summed E-state index contributed by atoms with van der Waals surface area (Å²) in [6.07, 6.45) is 2.78. The molecule has 1 aromatic rings. The van der Waals surface area contributed by atoms with Crippen molar-refractivity contribution < 1.29 is 14.3 Å². The van der Waals surface area contributed by atoms with Gasteiger partial charge in [-0.05, 0) is 0 Å². The van der Waals surface area contributed by atoms with Crippen LogP contribution in [-0.4, -0.2) is 24.5 Å². The predicted octanol–water partition coefficient (Wildman–Crippen LogP) is 0.409. The van der Waals surface area contributed by atoms with Crippen LogP contribution in [0.5, 0.6) is 0 Å². The zero-order valence-corrected chi connectivity index (χ0v) is 6.97. The molecule has 0 bridgehead atoms. The highest BCUT2D eigenvalue weighted by Crippen LogP contribution is 2.17. The summed E-state index contributed by atoms with van der Waals surface area (Å²) in [6.45, 7) is 0. The van der Waals surface area contributed by atoms with Crippen LogP contribution in [0.4, 0.5) is 5.13 Å². The second-order valence-corrected chi connectivity index (χ2v) is 2.78. The molecule has 1 rings (SSSR count). The lowest BCUT2D eigenvalue weighted by Crippen LogP contribution is -1.96. The van der Waals surface area contributed by atoms with Crippen LogP contribution in [-0.2, 0) is 9.53 Å². The third kappa shape index (κ3) is 1.79. The van der Waals surface area contributed by atoms with Gasteiger partial charge in [0, 0.05) is 0 Å². The molecule has 0 unspecified atom stereocenters. The van der Waals surface area contributed by atoms with Gasteiger partial charge in [-0.25, -0.2) is 9.78 Å². The molecule has 6 heteroatoms. The second kappa shape index (κ2) is 3.82. The van der Waals surface area contributed by atoms with Gasteiger partial charge >= 0.3 is 12.4 Å². The molecule has 0 saturated carbocycles. The number of amides is 1. The van der Waals surface area contributed by atoms with E-state index < -0.39 is 5.97 Å². The molecule has 0 aliphatic rings. The minimum Gasteiger partial charge on any atom is -0.465 e. The van der Waals surface area contributed by atoms with E-state index in [0.29, 0.717) is 10.0 Å². The summed E-state index contributed by atoms with van der Waals surface area (Å²) in [6, 6.07) is 0. The van der Waals surface area contributed by atoms with E-state index in [1.807, 2.05) is 0 Å². The molecule has 0 aliphatic heterocycles. The SMILES string of the molecule is COC(=O)c1cnc(N[C]=O)s1. The second-order valence-electron chi connectivity index (χ2n) is 1.75. The van der Waals surface area contributed by atoms with Crippen LogP contribution in [0.1, 0.15) is 9.67 Å². The topological polar surface area (TPSA) is 68.3 Å². The van der Waals surface area contributed by atoms with Crippen LogP contribution in [0.15, 0.2) is 6.20 Å². The third-order valence-corrected chi connectivity index (χ3v) is 1.94. The number of nitrogens with zero attached hydrogens (tertiary/aromatic N) is 1. The lowest BCUT2D eigenvalue weighted by atomic mass is 10.6. The van der Waals surface area contributed by atoms with Crippen molar-refractivity contribution in [2.24, 2.45) is 0 Å². The van der Waals surface area contributed by atoms with E-state index in [4.69, 9.17) is 0 Å². The first-order valence-electron chi connectivity index (χ1n) is 2.95. The maximum atomic E-state index is 10.9. The standard InChI is InChI=1S/C6H5N2O3S/c1-11-5(10)4-2-7-6(12-4)8-3-9/h2H,1H3,(H,7,8,9). The smallest absolute Gasteiger partial charge is 0.349 e. The number of carbonyl (C=O) groups is 1. The summed E-state index contributed by atoms with van der Waals surface area (Å²) in [5.74, 6) is -0.466. The number of esters is 1. The van der Waals surface area contributed by atoms with Gasteiger partial charge in [0.1, 0.15) is 4.88 Å². The lowest BCUT2D eigenvalue weighted by molar-refractivity contribution is 0.0606. The van der Waals surface area contributed by atoms with Gasteiger partial charge in [-0.3, -0.25) is 10.1 Å². The largest absolute Gasteiger partial charge is 0.465 e. The summed E-state index contributed by atoms with van der Waals surface area (Å²) in [5, 5.41) is 2.53. The summed E-state index contributed by atoms with van der Waals surface area (Å²) < 4.78 is 4.43. The number of nitrogens with one attached hydrogen (secondary N) is 1. The van der Waals surface area contributed by atoms with E-state index in [1.54, 1.807) is 0 Å². The van der Waals surface area contributed by atoms with E-state index in [-0.39, 0.29) is 0 Å². The van der Waals surface area contributed by atoms with Crippen molar-refractivity contribution in [2.45, 2.75) is 0 Å². The molecule has 1 radical (unpaired) electrons. The van der Waals surface area contributed by atoms with Crippen molar-refractivity contribution in [1.29, 1.82) is 0 Å². The van der Waals surface area contributed by atoms with E-state index in [9.17, 15) is 9.59 Å². The number of aromatic nitrogens is 1. The summed E-state index contributed by atoms with van der Waals surface area (Å²) in [5.41, 5.74) is 0. The number of anilines is 1. The van der Waals surface area contributed by atoms with Crippen LogP contribution in [0, 0.1) is 0 Å². The number of hydrogen-bond acceptors (Lipinski definition) is 5. The molecule has 0 spiro atoms. The Hall–Kier alpha value is -1.43. The van der Waals surface area contributed by atoms with Crippen molar-refractivity contribution >= 4 is 28.8 Å². The van der Waals surface area contributed by atoms with E-state index in [0.717, 1.165) is 11.3 Å². The van der Waals surface area contributed by atoms with Gasteiger partial charge in [0.15, 0.2) is 5.13 Å². The zero-order chi connectivity index (χ0) is 8.97. The van der Waals surface area contributed by atoms with Gasteiger partial charge in [-0.2, -0.15) is 0 Å². The summed E-state index contributed by atoms with van der Waals surface area (Å²) in [7, 11) is 1.28. The number of ether oxygens (including phenoxy) is 1. The van der Waals surface area contributed by atoms with Crippen LogP contribution >= 0.6 is 11.3 Å². The fraction of sp³-hybridized carbons (Fsp3) is 0.167. The van der Waals surface area contributed by atoms with Gasteiger partial charge in [0.2, 0.25) is 0 Å². The number of rotatable bonds is 3. The van der Waals surface area contributed by atoms with E-state index in [2.05, 4.69) is 15.0 Å². The lowest BCUT2D eigenvalue weighted by Gasteiger charge is -1.90. The van der Waals surface area contributed by atoms with Gasteiger partial charge in [-0.1, -0.05) is 11.3 Å². The van der Waals surface area contributed by atoms with Crippen LogP contribution in [0.2, 0.25) is 0 Å². The Kier molecular flexibility index (Phi) is 2.76. The van der Waals surface area contributed by atoms with Crippen molar-refractivity contribution in [3.05, 3.63) is 11.1 Å². The van der Waals surface area contributed by atoms with Gasteiger partial charge in [-0.15, -0.1) is 0 Å². The van der Waals surface area contributed by atoms with Gasteiger partial charge in [0.05, 0.1) is 13.3 Å². The Balaban J connectivity index is 2.76. The molecule has 1 amide bonds. The molecule has 0 atom stereocenters. The molecule has 0 aromatic carbocycles. The third-order valence-electron chi connectivity index (χ3n) is 1.05. The molecule has 0 aliphatic carbocycles. The number of carbonyl (C=O) groups excluding carboxylic acids is 2. The van der Waals surface area contributed by atoms with Crippen LogP contribution in [0.25, 0.3) is 0 Å². The summed E-state index contributed by atoms with van der Waals surface area (Å²) in [4.78, 5) is 24.8. The molecule has 0 saturated heterocycles. The Bertz CT molecular complexity index is 297. The van der Waals surface area contributed by atoms with Crippen molar-refractivity contribution in [2.75, 3.05) is 12.4 Å². The minimum absolute atomic E-state index is 0.324. The Morgan fingerprint density at radius 1 is 1.83 bits per heavy atom. The van der Waals surface area contributed by atoms with Crippen LogP contribution < -0.4 is 5.32 Å². The number of thiazole rings is 1. The summed E-state index contributed by atoms with van der Waals surface area (Å²) >= 11 is 1.03. The molecule has 1 aromatic heterocycles. The van der Waals surface area contributed by atoms with Crippen LogP contribution in [0.3, 0.4) is 0 Å². The zero-order valence-electron chi connectivity index (χ0n) is 6.16. The maximum absolute atomic E-state index is 10.9. The van der Waals surface area contributed by atoms with Crippen molar-refractivity contribution in [1.82, 2.24) is 4.98 Å². The Morgan fingerprint density at radius 3 is 3.17 bits per heavy atom. The van der Waals surface area contributed by atoms with Gasteiger partial charge in [0.25, 0.3) is 0 Å². The molecule has 12 heavy (non-hydrogen) atoms. The van der Waals surface area contributed by atoms with E-state index in [1.165, 1.54) is 19.7 Å². The Morgan fingerprint density at radius 2 is 2.58 bits per heavy atom. The van der Waals surface area contributed by atoms with Crippen molar-refractivity contribution in [3.63, 3.8) is 0 Å². The van der Waals surface area contributed by atoms with E-state index >= 15 is 0 Å². The monoisotopic (exact) mass is 185 g/mol. The quantitative estimate of drug-likeness (QED) is 0.547. The number of hydrogen-bond donors (Lipinski definition) is 1. The molecule has 1 heterocycles. The molecule has 0 fully saturated rings. The highest BCUT2D eigenvalue weighted by atomic mass is 32.1. The maximum Gasteiger partial charge on any atom is 0.349 e. The van der Waals surface area contributed by atoms with Crippen molar-refractivity contribution in [3.8, 4) is 0 Å². The average molecular weight is 185 g/mol. The number of methoxy groups -OCH3 is 1. The highest BCUT2D eigenvalue weighted by Gasteiger charge is 2.09. The highest BCUT2D eigenvalue weighted by molar-refractivity contribution is 7.17. The molecule has 63 valence electrons. The molecular weight excluding hydrogens is 180 g/mol. The predicted molar refractivity (Wildman–Crippen MR) is 42.8 cm³/mol. The molecule has 5 nitrogen and oxygen atoms in total.